The maximum atomic E-state index is 11.5. The van der Waals surface area contributed by atoms with E-state index in [-0.39, 0.29) is 5.92 Å². The first-order chi connectivity index (χ1) is 17.5. The number of hydrogen-bond acceptors (Lipinski definition) is 6. The Labute approximate surface area is 212 Å². The molecule has 0 aliphatic heterocycles. The fourth-order valence-electron chi connectivity index (χ4n) is 4.93. The molecule has 8 nitrogen and oxygen atoms in total. The molecule has 2 heterocycles. The summed E-state index contributed by atoms with van der Waals surface area (Å²) in [5, 5.41) is 14.5. The highest BCUT2D eigenvalue weighted by Gasteiger charge is 2.29. The average molecular weight is 505 g/mol. The number of rotatable bonds is 7. The molecule has 1 aliphatic carbocycles. The van der Waals surface area contributed by atoms with Gasteiger partial charge in [0, 0.05) is 28.1 Å². The monoisotopic (exact) mass is 504 g/mol. The molecule has 0 spiro atoms. The number of nitrogens with zero attached hydrogens (tertiary/aromatic N) is 3. The zero-order valence-corrected chi connectivity index (χ0v) is 20.4. The summed E-state index contributed by atoms with van der Waals surface area (Å²) in [7, 11) is 1.56. The summed E-state index contributed by atoms with van der Waals surface area (Å²) < 4.78 is 13.5. The molecule has 5 rings (SSSR count). The Morgan fingerprint density at radius 1 is 1.19 bits per heavy atom. The van der Waals surface area contributed by atoms with Gasteiger partial charge in [-0.05, 0) is 54.8 Å². The van der Waals surface area contributed by atoms with Crippen LogP contribution in [0.3, 0.4) is 0 Å². The molecule has 3 N–H and O–H groups in total. The summed E-state index contributed by atoms with van der Waals surface area (Å²) >= 11 is 6.10. The van der Waals surface area contributed by atoms with E-state index < -0.39 is 5.97 Å². The van der Waals surface area contributed by atoms with Crippen LogP contribution in [0.25, 0.3) is 22.7 Å². The van der Waals surface area contributed by atoms with Crippen LogP contribution in [0.5, 0.6) is 17.2 Å². The molecule has 1 aliphatic rings. The number of hydrogen-bond donors (Lipinski definition) is 2. The number of anilines is 1. The van der Waals surface area contributed by atoms with Gasteiger partial charge in [-0.25, -0.2) is 14.3 Å². The molecule has 0 unspecified atom stereocenters. The highest BCUT2D eigenvalue weighted by Crippen LogP contribution is 2.45. The van der Waals surface area contributed by atoms with Crippen molar-refractivity contribution < 1.29 is 19.4 Å². The topological polar surface area (TPSA) is 112 Å². The molecule has 2 aromatic heterocycles. The lowest BCUT2D eigenvalue weighted by molar-refractivity contribution is -0.131. The predicted molar refractivity (Wildman–Crippen MR) is 139 cm³/mol. The number of aliphatic carboxylic acids is 1. The van der Waals surface area contributed by atoms with Gasteiger partial charge in [-0.15, -0.1) is 0 Å². The van der Waals surface area contributed by atoms with E-state index in [0.717, 1.165) is 54.1 Å². The quantitative estimate of drug-likeness (QED) is 0.288. The fraction of sp³-hybridized carbons (Fsp3) is 0.222. The van der Waals surface area contributed by atoms with E-state index in [1.54, 1.807) is 43.5 Å². The number of carbonyl (C=O) groups is 1. The number of ether oxygens (including phenoxy) is 2. The van der Waals surface area contributed by atoms with Crippen molar-refractivity contribution in [3.63, 3.8) is 0 Å². The molecule has 2 aromatic carbocycles. The van der Waals surface area contributed by atoms with Crippen molar-refractivity contribution in [2.24, 2.45) is 0 Å². The minimum absolute atomic E-state index is 0.237. The van der Waals surface area contributed by atoms with E-state index in [2.05, 4.69) is 10.1 Å². The lowest BCUT2D eigenvalue weighted by Gasteiger charge is -2.13. The van der Waals surface area contributed by atoms with Gasteiger partial charge in [0.2, 0.25) is 0 Å². The summed E-state index contributed by atoms with van der Waals surface area (Å²) in [5.41, 5.74) is 10.2. The summed E-state index contributed by atoms with van der Waals surface area (Å²) in [5.74, 6) is 1.10. The number of nitrogen functional groups attached to an aromatic ring is 1. The van der Waals surface area contributed by atoms with E-state index in [1.807, 2.05) is 16.6 Å². The van der Waals surface area contributed by atoms with Gasteiger partial charge in [-0.1, -0.05) is 36.6 Å². The third-order valence-corrected chi connectivity index (χ3v) is 6.67. The number of nitrogens with two attached hydrogens (primary N) is 1. The zero-order valence-electron chi connectivity index (χ0n) is 19.6. The van der Waals surface area contributed by atoms with Crippen LogP contribution in [0, 0.1) is 0 Å². The van der Waals surface area contributed by atoms with Crippen LogP contribution in [-0.2, 0) is 4.79 Å². The molecule has 9 heteroatoms. The Balaban J connectivity index is 1.71. The predicted octanol–water partition coefficient (Wildman–Crippen LogP) is 6.19. The first kappa shape index (κ1) is 23.7. The van der Waals surface area contributed by atoms with E-state index in [1.165, 1.54) is 6.33 Å². The third kappa shape index (κ3) is 4.47. The molecule has 0 radical (unpaired) electrons. The Kier molecular flexibility index (Phi) is 6.52. The van der Waals surface area contributed by atoms with Gasteiger partial charge >= 0.3 is 5.97 Å². The van der Waals surface area contributed by atoms with Gasteiger partial charge in [0.25, 0.3) is 0 Å². The van der Waals surface area contributed by atoms with Crippen LogP contribution in [0.2, 0.25) is 5.02 Å². The summed E-state index contributed by atoms with van der Waals surface area (Å²) in [6.45, 7) is 0. The molecule has 0 bridgehead atoms. The fourth-order valence-corrected chi connectivity index (χ4v) is 5.11. The normalized spacial score (nSPS) is 14.1. The van der Waals surface area contributed by atoms with Gasteiger partial charge in [-0.2, -0.15) is 5.10 Å². The number of halogens is 1. The van der Waals surface area contributed by atoms with Crippen LogP contribution >= 0.6 is 11.6 Å². The number of aromatic nitrogens is 3. The maximum Gasteiger partial charge on any atom is 0.328 e. The van der Waals surface area contributed by atoms with Gasteiger partial charge in [0.15, 0.2) is 17.3 Å². The number of carboxylic acid groups (broad SMARTS) is 1. The molecule has 0 atom stereocenters. The van der Waals surface area contributed by atoms with Crippen molar-refractivity contribution in [3.8, 4) is 28.4 Å². The molecule has 36 heavy (non-hydrogen) atoms. The minimum Gasteiger partial charge on any atom is -0.493 e. The Morgan fingerprint density at radius 2 is 2.00 bits per heavy atom. The molecule has 1 fully saturated rings. The average Bonchev–Trinajstić information content (AvgIpc) is 3.49. The highest BCUT2D eigenvalue weighted by molar-refractivity contribution is 6.30. The van der Waals surface area contributed by atoms with Crippen molar-refractivity contribution in [1.82, 2.24) is 14.6 Å². The van der Waals surface area contributed by atoms with E-state index in [9.17, 15) is 9.90 Å². The summed E-state index contributed by atoms with van der Waals surface area (Å²) in [6.07, 6.45) is 8.42. The first-order valence-electron chi connectivity index (χ1n) is 11.6. The molecule has 0 amide bonds. The smallest absolute Gasteiger partial charge is 0.328 e. The Bertz CT molecular complexity index is 1470. The zero-order chi connectivity index (χ0) is 25.2. The summed E-state index contributed by atoms with van der Waals surface area (Å²) in [4.78, 5) is 15.7. The van der Waals surface area contributed by atoms with E-state index in [4.69, 9.17) is 26.8 Å². The first-order valence-corrected chi connectivity index (χ1v) is 12.0. The lowest BCUT2D eigenvalue weighted by atomic mass is 9.94. The number of methoxy groups -OCH3 is 1. The van der Waals surface area contributed by atoms with Crippen molar-refractivity contribution in [2.45, 2.75) is 31.6 Å². The number of carboxylic acids is 1. The second kappa shape index (κ2) is 9.91. The van der Waals surface area contributed by atoms with Crippen molar-refractivity contribution in [1.29, 1.82) is 0 Å². The molecular formula is C27H25ClN4O4. The molecule has 1 saturated carbocycles. The largest absolute Gasteiger partial charge is 0.493 e. The Morgan fingerprint density at radius 3 is 2.72 bits per heavy atom. The third-order valence-electron chi connectivity index (χ3n) is 6.44. The van der Waals surface area contributed by atoms with Crippen molar-refractivity contribution >= 4 is 35.0 Å². The molecule has 0 saturated heterocycles. The molecule has 184 valence electrons. The Hall–Kier alpha value is -4.04. The van der Waals surface area contributed by atoms with Crippen LogP contribution in [0.4, 0.5) is 5.82 Å². The number of benzene rings is 2. The van der Waals surface area contributed by atoms with Crippen LogP contribution < -0.4 is 15.2 Å². The van der Waals surface area contributed by atoms with E-state index in [0.29, 0.717) is 33.6 Å². The van der Waals surface area contributed by atoms with Gasteiger partial charge < -0.3 is 20.3 Å². The van der Waals surface area contributed by atoms with Crippen molar-refractivity contribution in [3.05, 3.63) is 71.1 Å². The van der Waals surface area contributed by atoms with Crippen LogP contribution in [0.1, 0.15) is 42.9 Å². The number of fused-ring (bicyclic) bond motifs is 1. The van der Waals surface area contributed by atoms with Crippen LogP contribution in [-0.4, -0.2) is 32.8 Å². The van der Waals surface area contributed by atoms with Crippen molar-refractivity contribution in [2.75, 3.05) is 12.8 Å². The van der Waals surface area contributed by atoms with Gasteiger partial charge in [0.05, 0.1) is 12.8 Å². The standard InChI is InChI=1S/C27H25ClN4O4/c1-35-22-13-17(9-11-21(22)36-19-8-4-7-18(28)14-19)24-20(10-12-23(33)34)25(16-5-2-3-6-16)32-26(24)27(29)30-15-31-32/h4,7-16H,2-3,5-6H2,1H3,(H,33,34)(H2,29,30,31)/b12-10+. The minimum atomic E-state index is -1.03. The summed E-state index contributed by atoms with van der Waals surface area (Å²) in [6, 6.07) is 12.6. The second-order valence-electron chi connectivity index (χ2n) is 8.66. The van der Waals surface area contributed by atoms with Crippen LogP contribution in [0.15, 0.2) is 54.9 Å². The second-order valence-corrected chi connectivity index (χ2v) is 9.09. The molecular weight excluding hydrogens is 480 g/mol. The highest BCUT2D eigenvalue weighted by atomic mass is 35.5. The lowest BCUT2D eigenvalue weighted by Crippen LogP contribution is -2.05. The van der Waals surface area contributed by atoms with Gasteiger partial charge in [-0.3, -0.25) is 0 Å². The SMILES string of the molecule is COc1cc(-c2c(/C=C/C(=O)O)c(C3CCCC3)n3ncnc(N)c23)ccc1Oc1cccc(Cl)c1. The van der Waals surface area contributed by atoms with Gasteiger partial charge in [0.1, 0.15) is 17.6 Å². The maximum absolute atomic E-state index is 11.5. The molecule has 4 aromatic rings. The van der Waals surface area contributed by atoms with E-state index >= 15 is 0 Å².